The molecule has 136 valence electrons. The number of aromatic nitrogens is 1. The van der Waals surface area contributed by atoms with E-state index in [1.807, 2.05) is 37.3 Å². The number of benzene rings is 1. The number of amides is 1. The van der Waals surface area contributed by atoms with E-state index < -0.39 is 0 Å². The van der Waals surface area contributed by atoms with Gasteiger partial charge in [-0.2, -0.15) is 0 Å². The molecule has 1 aliphatic heterocycles. The zero-order chi connectivity index (χ0) is 18.9. The minimum atomic E-state index is -0.357. The molecule has 2 heterocycles. The maximum absolute atomic E-state index is 12.6. The highest BCUT2D eigenvalue weighted by Crippen LogP contribution is 2.39. The van der Waals surface area contributed by atoms with Gasteiger partial charge in [0.05, 0.1) is 0 Å². The number of nitrogens with zero attached hydrogens (tertiary/aromatic N) is 2. The molecular formula is C20H21Cl2N3O. The van der Waals surface area contributed by atoms with Crippen LogP contribution in [0.3, 0.4) is 0 Å². The number of hydrogen-bond donors (Lipinski definition) is 1. The van der Waals surface area contributed by atoms with Crippen LogP contribution in [0.4, 0.5) is 5.69 Å². The van der Waals surface area contributed by atoms with Crippen LogP contribution in [-0.4, -0.2) is 17.4 Å². The van der Waals surface area contributed by atoms with Gasteiger partial charge in [-0.25, -0.2) is 4.98 Å². The molecule has 0 spiro atoms. The van der Waals surface area contributed by atoms with Gasteiger partial charge in [0.2, 0.25) is 5.91 Å². The maximum atomic E-state index is 12.6. The molecule has 1 atom stereocenters. The number of halogens is 2. The van der Waals surface area contributed by atoms with Crippen molar-refractivity contribution in [3.63, 3.8) is 0 Å². The topological polar surface area (TPSA) is 45.2 Å². The number of pyridine rings is 1. The average Bonchev–Trinajstić information content (AvgIpc) is 2.88. The molecule has 4 nitrogen and oxygen atoms in total. The van der Waals surface area contributed by atoms with Gasteiger partial charge in [-0.05, 0) is 48.4 Å². The van der Waals surface area contributed by atoms with Crippen LogP contribution >= 0.6 is 23.2 Å². The van der Waals surface area contributed by atoms with Crippen LogP contribution in [-0.2, 0) is 11.3 Å². The molecular weight excluding hydrogens is 369 g/mol. The molecule has 1 saturated heterocycles. The monoisotopic (exact) mass is 389 g/mol. The molecule has 3 rings (SSSR count). The first-order valence-electron chi connectivity index (χ1n) is 8.38. The number of carbonyl (C=O) groups is 1. The molecule has 1 amide bonds. The van der Waals surface area contributed by atoms with Gasteiger partial charge in [0.15, 0.2) is 0 Å². The fraction of sp³-hybridized carbons (Fsp3) is 0.300. The number of carbonyl (C=O) groups excluding carboxylic acids is 1. The molecule has 1 aliphatic rings. The lowest BCUT2D eigenvalue weighted by Gasteiger charge is -2.27. The Morgan fingerprint density at radius 2 is 2.12 bits per heavy atom. The fourth-order valence-corrected chi connectivity index (χ4v) is 3.69. The lowest BCUT2D eigenvalue weighted by molar-refractivity contribution is -0.117. The van der Waals surface area contributed by atoms with Gasteiger partial charge in [-0.3, -0.25) is 4.79 Å². The van der Waals surface area contributed by atoms with E-state index in [0.717, 1.165) is 22.5 Å². The van der Waals surface area contributed by atoms with Gasteiger partial charge in [-0.1, -0.05) is 36.7 Å². The van der Waals surface area contributed by atoms with Crippen molar-refractivity contribution in [2.24, 2.45) is 5.41 Å². The first kappa shape index (κ1) is 18.7. The van der Waals surface area contributed by atoms with Crippen molar-refractivity contribution in [3.8, 4) is 0 Å². The Balaban J connectivity index is 1.71. The Labute approximate surface area is 163 Å². The summed E-state index contributed by atoms with van der Waals surface area (Å²) < 4.78 is 0. The van der Waals surface area contributed by atoms with Gasteiger partial charge in [0.1, 0.15) is 5.15 Å². The number of rotatable bonds is 5. The van der Waals surface area contributed by atoms with Crippen LogP contribution in [0.1, 0.15) is 24.5 Å². The summed E-state index contributed by atoms with van der Waals surface area (Å²) in [7, 11) is 0. The van der Waals surface area contributed by atoms with Crippen LogP contribution in [0.15, 0.2) is 48.8 Å². The molecule has 0 aliphatic carbocycles. The summed E-state index contributed by atoms with van der Waals surface area (Å²) in [6.45, 7) is 9.35. The Morgan fingerprint density at radius 3 is 2.81 bits per heavy atom. The first-order chi connectivity index (χ1) is 12.3. The summed E-state index contributed by atoms with van der Waals surface area (Å²) in [6, 6.07) is 9.39. The van der Waals surface area contributed by atoms with E-state index in [4.69, 9.17) is 23.2 Å². The Hall–Kier alpha value is -2.04. The fourth-order valence-electron chi connectivity index (χ4n) is 3.21. The molecule has 0 bridgehead atoms. The van der Waals surface area contributed by atoms with Crippen LogP contribution in [0.2, 0.25) is 10.2 Å². The third kappa shape index (κ3) is 4.02. The van der Waals surface area contributed by atoms with Crippen molar-refractivity contribution in [2.45, 2.75) is 26.8 Å². The third-order valence-electron chi connectivity index (χ3n) is 4.71. The summed E-state index contributed by atoms with van der Waals surface area (Å²) in [6.07, 6.45) is 2.08. The summed E-state index contributed by atoms with van der Waals surface area (Å²) >= 11 is 12.1. The number of anilines is 1. The standard InChI is InChI=1S/C20H21Cl2N3O/c1-13-6-16(21)9-17(7-13)25-12-20(3,10-19(25)26)14(2)24-11-15-4-5-23-18(22)8-15/h4-9,24H,2,10-12H2,1,3H3. The van der Waals surface area contributed by atoms with Crippen molar-refractivity contribution in [3.05, 3.63) is 70.1 Å². The smallest absolute Gasteiger partial charge is 0.228 e. The molecule has 1 fully saturated rings. The predicted molar refractivity (Wildman–Crippen MR) is 106 cm³/mol. The van der Waals surface area contributed by atoms with E-state index in [1.165, 1.54) is 0 Å². The van der Waals surface area contributed by atoms with E-state index in [1.54, 1.807) is 11.1 Å². The average molecular weight is 390 g/mol. The normalized spacial score (nSPS) is 19.7. The summed E-state index contributed by atoms with van der Waals surface area (Å²) in [5, 5.41) is 4.43. The van der Waals surface area contributed by atoms with Gasteiger partial charge in [0, 0.05) is 47.5 Å². The number of nitrogens with one attached hydrogen (secondary N) is 1. The highest BCUT2D eigenvalue weighted by atomic mass is 35.5. The van der Waals surface area contributed by atoms with E-state index in [-0.39, 0.29) is 11.3 Å². The number of aryl methyl sites for hydroxylation is 1. The highest BCUT2D eigenvalue weighted by Gasteiger charge is 2.42. The predicted octanol–water partition coefficient (Wildman–Crippen LogP) is 4.74. The lowest BCUT2D eigenvalue weighted by Crippen LogP contribution is -2.32. The largest absolute Gasteiger partial charge is 0.384 e. The molecule has 1 aromatic heterocycles. The van der Waals surface area contributed by atoms with Crippen molar-refractivity contribution >= 4 is 34.8 Å². The first-order valence-corrected chi connectivity index (χ1v) is 9.14. The van der Waals surface area contributed by atoms with E-state index in [2.05, 4.69) is 23.8 Å². The second-order valence-electron chi connectivity index (χ2n) is 7.02. The molecule has 1 N–H and O–H groups in total. The quantitative estimate of drug-likeness (QED) is 0.750. The molecule has 0 saturated carbocycles. The molecule has 6 heteroatoms. The van der Waals surface area contributed by atoms with Gasteiger partial charge < -0.3 is 10.2 Å². The van der Waals surface area contributed by atoms with Gasteiger partial charge in [0.25, 0.3) is 0 Å². The van der Waals surface area contributed by atoms with Crippen molar-refractivity contribution < 1.29 is 4.79 Å². The van der Waals surface area contributed by atoms with Crippen molar-refractivity contribution in [1.29, 1.82) is 0 Å². The van der Waals surface area contributed by atoms with Gasteiger partial charge in [-0.15, -0.1) is 0 Å². The van der Waals surface area contributed by atoms with Crippen LogP contribution < -0.4 is 10.2 Å². The van der Waals surface area contributed by atoms with Crippen molar-refractivity contribution in [1.82, 2.24) is 10.3 Å². The van der Waals surface area contributed by atoms with Crippen LogP contribution in [0, 0.1) is 12.3 Å². The zero-order valence-corrected chi connectivity index (χ0v) is 16.4. The second kappa shape index (κ2) is 7.29. The van der Waals surface area contributed by atoms with E-state index in [0.29, 0.717) is 29.7 Å². The Kier molecular flexibility index (Phi) is 5.26. The van der Waals surface area contributed by atoms with Crippen molar-refractivity contribution in [2.75, 3.05) is 11.4 Å². The molecule has 0 radical (unpaired) electrons. The zero-order valence-electron chi connectivity index (χ0n) is 14.9. The minimum Gasteiger partial charge on any atom is -0.384 e. The van der Waals surface area contributed by atoms with E-state index >= 15 is 0 Å². The maximum Gasteiger partial charge on any atom is 0.228 e. The summed E-state index contributed by atoms with van der Waals surface area (Å²) in [5.41, 5.74) is 3.35. The molecule has 2 aromatic rings. The highest BCUT2D eigenvalue weighted by molar-refractivity contribution is 6.31. The van der Waals surface area contributed by atoms with Crippen LogP contribution in [0.25, 0.3) is 0 Å². The molecule has 1 aromatic carbocycles. The Bertz CT molecular complexity index is 848. The Morgan fingerprint density at radius 1 is 1.35 bits per heavy atom. The summed E-state index contributed by atoms with van der Waals surface area (Å²) in [5.74, 6) is 0.0732. The lowest BCUT2D eigenvalue weighted by atomic mass is 9.86. The minimum absolute atomic E-state index is 0.0732. The van der Waals surface area contributed by atoms with Crippen LogP contribution in [0.5, 0.6) is 0 Å². The molecule has 1 unspecified atom stereocenters. The number of hydrogen-bond acceptors (Lipinski definition) is 3. The SMILES string of the molecule is C=C(NCc1ccnc(Cl)c1)C1(C)CC(=O)N(c2cc(C)cc(Cl)c2)C1. The molecule has 26 heavy (non-hydrogen) atoms. The second-order valence-corrected chi connectivity index (χ2v) is 7.85. The third-order valence-corrected chi connectivity index (χ3v) is 5.14. The van der Waals surface area contributed by atoms with E-state index in [9.17, 15) is 4.79 Å². The van der Waals surface area contributed by atoms with Gasteiger partial charge >= 0.3 is 0 Å². The summed E-state index contributed by atoms with van der Waals surface area (Å²) in [4.78, 5) is 18.4.